The van der Waals surface area contributed by atoms with Gasteiger partial charge in [0.2, 0.25) is 0 Å². The van der Waals surface area contributed by atoms with Gasteiger partial charge in [-0.25, -0.2) is 0 Å². The molecule has 2 amide bonds. The lowest BCUT2D eigenvalue weighted by molar-refractivity contribution is 0.0928. The van der Waals surface area contributed by atoms with Crippen LogP contribution in [0.15, 0.2) is 34.9 Å². The van der Waals surface area contributed by atoms with Crippen molar-refractivity contribution >= 4 is 33.4 Å². The predicted octanol–water partition coefficient (Wildman–Crippen LogP) is 4.12. The third-order valence-corrected chi connectivity index (χ3v) is 4.53. The smallest absolute Gasteiger partial charge is 0.271 e. The number of hydrogen-bond acceptors (Lipinski definition) is 3. The molecule has 0 aliphatic heterocycles. The van der Waals surface area contributed by atoms with Crippen molar-refractivity contribution in [1.29, 1.82) is 0 Å². The van der Waals surface area contributed by atoms with Gasteiger partial charge in [0.1, 0.15) is 5.69 Å². The fraction of sp³-hybridized carbons (Fsp3) is 0.389. The van der Waals surface area contributed by atoms with Crippen molar-refractivity contribution < 1.29 is 9.59 Å². The molecule has 25 heavy (non-hydrogen) atoms. The van der Waals surface area contributed by atoms with Gasteiger partial charge in [-0.15, -0.1) is 0 Å². The van der Waals surface area contributed by atoms with Gasteiger partial charge in [0.25, 0.3) is 11.8 Å². The highest BCUT2D eigenvalue weighted by atomic mass is 79.9. The molecule has 0 saturated carbocycles. The number of aromatic amines is 1. The Balaban J connectivity index is 2.10. The maximum Gasteiger partial charge on any atom is 0.271 e. The molecule has 0 bridgehead atoms. The summed E-state index contributed by atoms with van der Waals surface area (Å²) in [6.07, 6.45) is 5.29. The van der Waals surface area contributed by atoms with E-state index in [4.69, 9.17) is 0 Å². The molecule has 0 aliphatic rings. The molecule has 0 radical (unpaired) electrons. The third kappa shape index (κ3) is 5.16. The topological polar surface area (TPSA) is 86.9 Å². The monoisotopic (exact) mass is 406 g/mol. The first-order valence-corrected chi connectivity index (χ1v) is 9.26. The fourth-order valence-electron chi connectivity index (χ4n) is 2.63. The number of benzene rings is 1. The Bertz CT molecular complexity index is 723. The molecule has 0 spiro atoms. The number of aromatic nitrogens is 2. The molecule has 0 atom stereocenters. The minimum absolute atomic E-state index is 0.123. The minimum atomic E-state index is -0.304. The zero-order chi connectivity index (χ0) is 18.2. The standard InChI is InChI=1S/C18H23BrN4O2/c1-3-7-12(8-4-2)21-18(25)16-15(11-20-23-16)22-17(24)13-9-5-6-10-14(13)19/h5-6,9-12H,3-4,7-8H2,1-2H3,(H,20,23)(H,21,25)(H,22,24). The van der Waals surface area contributed by atoms with Crippen molar-refractivity contribution in [1.82, 2.24) is 15.5 Å². The van der Waals surface area contributed by atoms with Crippen molar-refractivity contribution in [2.75, 3.05) is 5.32 Å². The van der Waals surface area contributed by atoms with Crippen molar-refractivity contribution in [3.8, 4) is 0 Å². The molecule has 1 aromatic carbocycles. The van der Waals surface area contributed by atoms with E-state index in [2.05, 4.69) is 50.6 Å². The van der Waals surface area contributed by atoms with Gasteiger partial charge < -0.3 is 10.6 Å². The predicted molar refractivity (Wildman–Crippen MR) is 102 cm³/mol. The summed E-state index contributed by atoms with van der Waals surface area (Å²) in [6, 6.07) is 7.23. The highest BCUT2D eigenvalue weighted by molar-refractivity contribution is 9.10. The summed E-state index contributed by atoms with van der Waals surface area (Å²) in [7, 11) is 0. The Morgan fingerprint density at radius 1 is 1.16 bits per heavy atom. The van der Waals surface area contributed by atoms with Crippen molar-refractivity contribution in [2.45, 2.75) is 45.6 Å². The first-order chi connectivity index (χ1) is 12.1. The second kappa shape index (κ2) is 9.36. The lowest BCUT2D eigenvalue weighted by atomic mass is 10.1. The largest absolute Gasteiger partial charge is 0.348 e. The Morgan fingerprint density at radius 2 is 1.84 bits per heavy atom. The first kappa shape index (κ1) is 19.2. The van der Waals surface area contributed by atoms with E-state index in [1.54, 1.807) is 18.2 Å². The molecule has 134 valence electrons. The number of nitrogens with zero attached hydrogens (tertiary/aromatic N) is 1. The highest BCUT2D eigenvalue weighted by Crippen LogP contribution is 2.19. The van der Waals surface area contributed by atoms with Crippen LogP contribution in [0.25, 0.3) is 0 Å². The van der Waals surface area contributed by atoms with Crippen LogP contribution in [0.1, 0.15) is 60.4 Å². The molecule has 0 saturated heterocycles. The minimum Gasteiger partial charge on any atom is -0.348 e. The molecule has 1 heterocycles. The Labute approximate surface area is 155 Å². The molecule has 0 aliphatic carbocycles. The van der Waals surface area contributed by atoms with Crippen molar-refractivity contribution in [3.63, 3.8) is 0 Å². The van der Waals surface area contributed by atoms with Gasteiger partial charge in [-0.3, -0.25) is 14.7 Å². The van der Waals surface area contributed by atoms with E-state index in [0.717, 1.165) is 25.7 Å². The van der Waals surface area contributed by atoms with Gasteiger partial charge in [-0.2, -0.15) is 5.10 Å². The van der Waals surface area contributed by atoms with Crippen LogP contribution in [0.4, 0.5) is 5.69 Å². The Morgan fingerprint density at radius 3 is 2.48 bits per heavy atom. The second-order valence-electron chi connectivity index (χ2n) is 5.84. The summed E-state index contributed by atoms with van der Waals surface area (Å²) in [5.41, 5.74) is 1.12. The molecular weight excluding hydrogens is 384 g/mol. The normalized spacial score (nSPS) is 10.7. The van der Waals surface area contributed by atoms with E-state index < -0.39 is 0 Å². The van der Waals surface area contributed by atoms with Gasteiger partial charge in [0.05, 0.1) is 17.4 Å². The summed E-state index contributed by atoms with van der Waals surface area (Å²) in [5.74, 6) is -0.562. The quantitative estimate of drug-likeness (QED) is 0.615. The van der Waals surface area contributed by atoms with E-state index in [1.165, 1.54) is 6.20 Å². The number of carbonyl (C=O) groups excluding carboxylic acids is 2. The van der Waals surface area contributed by atoms with Gasteiger partial charge in [0, 0.05) is 10.5 Å². The molecular formula is C18H23BrN4O2. The first-order valence-electron chi connectivity index (χ1n) is 8.46. The van der Waals surface area contributed by atoms with Crippen LogP contribution in [0.5, 0.6) is 0 Å². The SMILES string of the molecule is CCCC(CCC)NC(=O)c1[nH]ncc1NC(=O)c1ccccc1Br. The van der Waals surface area contributed by atoms with Crippen LogP contribution in [-0.4, -0.2) is 28.1 Å². The van der Waals surface area contributed by atoms with Crippen LogP contribution in [0.3, 0.4) is 0 Å². The van der Waals surface area contributed by atoms with Gasteiger partial charge in [0.15, 0.2) is 0 Å². The van der Waals surface area contributed by atoms with E-state index in [1.807, 2.05) is 6.07 Å². The zero-order valence-corrected chi connectivity index (χ0v) is 16.0. The van der Waals surface area contributed by atoms with Gasteiger partial charge in [-0.1, -0.05) is 38.8 Å². The lowest BCUT2D eigenvalue weighted by Crippen LogP contribution is -2.35. The van der Waals surface area contributed by atoms with Crippen LogP contribution in [-0.2, 0) is 0 Å². The third-order valence-electron chi connectivity index (χ3n) is 3.84. The molecule has 2 aromatic rings. The van der Waals surface area contributed by atoms with Crippen LogP contribution in [0.2, 0.25) is 0 Å². The Hall–Kier alpha value is -2.15. The number of anilines is 1. The summed E-state index contributed by atoms with van der Waals surface area (Å²) in [4.78, 5) is 24.9. The number of hydrogen-bond donors (Lipinski definition) is 3. The van der Waals surface area contributed by atoms with E-state index in [0.29, 0.717) is 15.7 Å². The summed E-state index contributed by atoms with van der Waals surface area (Å²) in [5, 5.41) is 12.3. The lowest BCUT2D eigenvalue weighted by Gasteiger charge is -2.17. The average Bonchev–Trinajstić information content (AvgIpc) is 3.04. The average molecular weight is 407 g/mol. The maximum atomic E-state index is 12.5. The molecule has 2 rings (SSSR count). The molecule has 1 aromatic heterocycles. The van der Waals surface area contributed by atoms with Crippen molar-refractivity contribution in [2.24, 2.45) is 0 Å². The van der Waals surface area contributed by atoms with Gasteiger partial charge >= 0.3 is 0 Å². The summed E-state index contributed by atoms with van der Waals surface area (Å²) < 4.78 is 0.688. The van der Waals surface area contributed by atoms with Gasteiger partial charge in [-0.05, 0) is 40.9 Å². The van der Waals surface area contributed by atoms with E-state index in [-0.39, 0.29) is 23.6 Å². The van der Waals surface area contributed by atoms with Crippen LogP contribution in [0, 0.1) is 0 Å². The number of H-pyrrole nitrogens is 1. The number of nitrogens with one attached hydrogen (secondary N) is 3. The maximum absolute atomic E-state index is 12.5. The Kier molecular flexibility index (Phi) is 7.18. The number of halogens is 1. The molecule has 0 unspecified atom stereocenters. The van der Waals surface area contributed by atoms with Crippen LogP contribution >= 0.6 is 15.9 Å². The van der Waals surface area contributed by atoms with Crippen molar-refractivity contribution in [3.05, 3.63) is 46.2 Å². The molecule has 7 heteroatoms. The summed E-state index contributed by atoms with van der Waals surface area (Å²) >= 11 is 3.35. The summed E-state index contributed by atoms with van der Waals surface area (Å²) in [6.45, 7) is 4.18. The zero-order valence-electron chi connectivity index (χ0n) is 14.4. The van der Waals surface area contributed by atoms with E-state index in [9.17, 15) is 9.59 Å². The fourth-order valence-corrected chi connectivity index (χ4v) is 3.10. The second-order valence-corrected chi connectivity index (χ2v) is 6.69. The molecule has 6 nitrogen and oxygen atoms in total. The highest BCUT2D eigenvalue weighted by Gasteiger charge is 2.19. The van der Waals surface area contributed by atoms with E-state index >= 15 is 0 Å². The number of rotatable bonds is 8. The van der Waals surface area contributed by atoms with Crippen LogP contribution < -0.4 is 10.6 Å². The number of amides is 2. The molecule has 0 fully saturated rings. The molecule has 3 N–H and O–H groups in total. The number of carbonyl (C=O) groups is 2.